The van der Waals surface area contributed by atoms with E-state index in [1.165, 1.54) is 38.8 Å². The summed E-state index contributed by atoms with van der Waals surface area (Å²) in [5.74, 6) is -0.104. The highest BCUT2D eigenvalue weighted by Gasteiger charge is 2.15. The third kappa shape index (κ3) is 4.38. The molecule has 0 saturated carbocycles. The predicted molar refractivity (Wildman–Crippen MR) is 84.3 cm³/mol. The molecular formula is C16H20Cl2N2. The Kier molecular flexibility index (Phi) is 6.16. The van der Waals surface area contributed by atoms with Gasteiger partial charge in [-0.3, -0.25) is 0 Å². The van der Waals surface area contributed by atoms with Crippen molar-refractivity contribution in [3.05, 3.63) is 33.8 Å². The lowest BCUT2D eigenvalue weighted by Crippen LogP contribution is -2.26. The molecule has 0 aliphatic carbocycles. The second-order valence-corrected chi connectivity index (χ2v) is 6.21. The second kappa shape index (κ2) is 7.88. The van der Waals surface area contributed by atoms with Crippen LogP contribution in [-0.4, -0.2) is 24.5 Å². The van der Waals surface area contributed by atoms with Crippen molar-refractivity contribution in [1.82, 2.24) is 4.90 Å². The standard InChI is InChI=1S/C16H20Cl2N2/c17-15-6-5-13(11-16(15)18)14(12-19)7-10-20-8-3-1-2-4-9-20/h5-6,11,14H,1-4,7-10H2. The lowest BCUT2D eigenvalue weighted by Gasteiger charge is -2.21. The van der Waals surface area contributed by atoms with Gasteiger partial charge < -0.3 is 4.90 Å². The molecule has 1 aliphatic heterocycles. The van der Waals surface area contributed by atoms with Crippen molar-refractivity contribution in [3.8, 4) is 6.07 Å². The number of rotatable bonds is 4. The van der Waals surface area contributed by atoms with Gasteiger partial charge in [0.15, 0.2) is 0 Å². The van der Waals surface area contributed by atoms with Crippen molar-refractivity contribution in [2.45, 2.75) is 38.0 Å². The number of nitriles is 1. The third-order valence-electron chi connectivity index (χ3n) is 3.93. The van der Waals surface area contributed by atoms with Gasteiger partial charge in [0.2, 0.25) is 0 Å². The van der Waals surface area contributed by atoms with Gasteiger partial charge >= 0.3 is 0 Å². The third-order valence-corrected chi connectivity index (χ3v) is 4.67. The highest BCUT2D eigenvalue weighted by atomic mass is 35.5. The number of hydrogen-bond donors (Lipinski definition) is 0. The van der Waals surface area contributed by atoms with E-state index in [-0.39, 0.29) is 5.92 Å². The topological polar surface area (TPSA) is 27.0 Å². The molecule has 0 bridgehead atoms. The lowest BCUT2D eigenvalue weighted by molar-refractivity contribution is 0.278. The van der Waals surface area contributed by atoms with E-state index in [0.29, 0.717) is 10.0 Å². The van der Waals surface area contributed by atoms with Crippen LogP contribution >= 0.6 is 23.2 Å². The number of nitrogens with zero attached hydrogens (tertiary/aromatic N) is 2. The summed E-state index contributed by atoms with van der Waals surface area (Å²) in [7, 11) is 0. The first kappa shape index (κ1) is 15.6. The zero-order valence-electron chi connectivity index (χ0n) is 11.6. The molecular weight excluding hydrogens is 291 g/mol. The molecule has 0 spiro atoms. The Bertz CT molecular complexity index is 474. The highest BCUT2D eigenvalue weighted by Crippen LogP contribution is 2.28. The van der Waals surface area contributed by atoms with Gasteiger partial charge in [-0.1, -0.05) is 42.1 Å². The molecule has 1 fully saturated rings. The van der Waals surface area contributed by atoms with E-state index in [0.717, 1.165) is 18.5 Å². The van der Waals surface area contributed by atoms with Gasteiger partial charge in [0.1, 0.15) is 0 Å². The van der Waals surface area contributed by atoms with Crippen LogP contribution in [-0.2, 0) is 0 Å². The number of hydrogen-bond acceptors (Lipinski definition) is 2. The summed E-state index contributed by atoms with van der Waals surface area (Å²) in [6, 6.07) is 7.89. The van der Waals surface area contributed by atoms with Crippen molar-refractivity contribution in [2.75, 3.05) is 19.6 Å². The van der Waals surface area contributed by atoms with E-state index in [2.05, 4.69) is 11.0 Å². The molecule has 0 amide bonds. The molecule has 1 atom stereocenters. The van der Waals surface area contributed by atoms with Crippen LogP contribution in [0.3, 0.4) is 0 Å². The van der Waals surface area contributed by atoms with Crippen molar-refractivity contribution in [3.63, 3.8) is 0 Å². The van der Waals surface area contributed by atoms with E-state index in [9.17, 15) is 5.26 Å². The summed E-state index contributed by atoms with van der Waals surface area (Å²) in [4.78, 5) is 2.48. The summed E-state index contributed by atoms with van der Waals surface area (Å²) in [6.45, 7) is 3.32. The molecule has 1 heterocycles. The van der Waals surface area contributed by atoms with Gasteiger partial charge in [-0.25, -0.2) is 0 Å². The van der Waals surface area contributed by atoms with Crippen LogP contribution in [0.2, 0.25) is 10.0 Å². The minimum absolute atomic E-state index is 0.104. The Morgan fingerprint density at radius 1 is 1.10 bits per heavy atom. The largest absolute Gasteiger partial charge is 0.303 e. The smallest absolute Gasteiger partial charge is 0.0725 e. The normalized spacial score (nSPS) is 18.2. The number of benzene rings is 1. The molecule has 4 heteroatoms. The van der Waals surface area contributed by atoms with Gasteiger partial charge in [0, 0.05) is 0 Å². The van der Waals surface area contributed by atoms with Gasteiger partial charge in [-0.2, -0.15) is 5.26 Å². The zero-order chi connectivity index (χ0) is 14.4. The Morgan fingerprint density at radius 2 is 1.80 bits per heavy atom. The second-order valence-electron chi connectivity index (χ2n) is 5.40. The molecule has 0 radical (unpaired) electrons. The van der Waals surface area contributed by atoms with Gasteiger partial charge in [0.05, 0.1) is 22.0 Å². The maximum Gasteiger partial charge on any atom is 0.0725 e. The SMILES string of the molecule is N#CC(CCN1CCCCCC1)c1ccc(Cl)c(Cl)c1. The fraction of sp³-hybridized carbons (Fsp3) is 0.562. The molecule has 0 aromatic heterocycles. The van der Waals surface area contributed by atoms with Crippen molar-refractivity contribution in [1.29, 1.82) is 5.26 Å². The average Bonchev–Trinajstić information content (AvgIpc) is 2.72. The van der Waals surface area contributed by atoms with E-state index >= 15 is 0 Å². The van der Waals surface area contributed by atoms with Crippen LogP contribution in [0, 0.1) is 11.3 Å². The molecule has 1 aromatic rings. The Morgan fingerprint density at radius 3 is 2.40 bits per heavy atom. The lowest BCUT2D eigenvalue weighted by atomic mass is 9.97. The predicted octanol–water partition coefficient (Wildman–Crippen LogP) is 4.87. The Hall–Kier alpha value is -0.750. The minimum atomic E-state index is -0.104. The van der Waals surface area contributed by atoms with Gasteiger partial charge in [-0.05, 0) is 56.6 Å². The van der Waals surface area contributed by atoms with Crippen LogP contribution in [0.15, 0.2) is 18.2 Å². The molecule has 1 unspecified atom stereocenters. The summed E-state index contributed by atoms with van der Waals surface area (Å²) >= 11 is 12.0. The molecule has 108 valence electrons. The molecule has 1 aromatic carbocycles. The summed E-state index contributed by atoms with van der Waals surface area (Å²) in [6.07, 6.45) is 6.10. The molecule has 2 rings (SSSR count). The first-order valence-electron chi connectivity index (χ1n) is 7.27. The van der Waals surface area contributed by atoms with Crippen molar-refractivity contribution in [2.24, 2.45) is 0 Å². The maximum absolute atomic E-state index is 9.38. The fourth-order valence-corrected chi connectivity index (χ4v) is 3.01. The van der Waals surface area contributed by atoms with Crippen LogP contribution in [0.25, 0.3) is 0 Å². The maximum atomic E-state index is 9.38. The summed E-state index contributed by atoms with van der Waals surface area (Å²) in [5, 5.41) is 10.4. The molecule has 2 nitrogen and oxygen atoms in total. The van der Waals surface area contributed by atoms with E-state index in [4.69, 9.17) is 23.2 Å². The van der Waals surface area contributed by atoms with E-state index < -0.39 is 0 Å². The molecule has 1 saturated heterocycles. The zero-order valence-corrected chi connectivity index (χ0v) is 13.1. The van der Waals surface area contributed by atoms with Crippen molar-refractivity contribution >= 4 is 23.2 Å². The minimum Gasteiger partial charge on any atom is -0.303 e. The Balaban J connectivity index is 1.94. The average molecular weight is 311 g/mol. The summed E-state index contributed by atoms with van der Waals surface area (Å²) < 4.78 is 0. The van der Waals surface area contributed by atoms with Crippen molar-refractivity contribution < 1.29 is 0 Å². The highest BCUT2D eigenvalue weighted by molar-refractivity contribution is 6.42. The summed E-state index contributed by atoms with van der Waals surface area (Å²) in [5.41, 5.74) is 0.969. The molecule has 0 N–H and O–H groups in total. The van der Waals surface area contributed by atoms with Crippen LogP contribution in [0.4, 0.5) is 0 Å². The number of likely N-dealkylation sites (tertiary alicyclic amines) is 1. The van der Waals surface area contributed by atoms with E-state index in [1.807, 2.05) is 12.1 Å². The van der Waals surface area contributed by atoms with Crippen LogP contribution in [0.5, 0.6) is 0 Å². The van der Waals surface area contributed by atoms with Gasteiger partial charge in [-0.15, -0.1) is 0 Å². The molecule has 1 aliphatic rings. The monoisotopic (exact) mass is 310 g/mol. The van der Waals surface area contributed by atoms with Gasteiger partial charge in [0.25, 0.3) is 0 Å². The number of halogens is 2. The Labute approximate surface area is 131 Å². The first-order valence-corrected chi connectivity index (χ1v) is 8.03. The molecule has 20 heavy (non-hydrogen) atoms. The fourth-order valence-electron chi connectivity index (χ4n) is 2.71. The van der Waals surface area contributed by atoms with E-state index in [1.54, 1.807) is 6.07 Å². The van der Waals surface area contributed by atoms with Crippen LogP contribution in [0.1, 0.15) is 43.6 Å². The quantitative estimate of drug-likeness (QED) is 0.793. The first-order chi connectivity index (χ1) is 9.70. The van der Waals surface area contributed by atoms with Crippen LogP contribution < -0.4 is 0 Å².